The Balaban J connectivity index is 1.37. The Hall–Kier alpha value is -2.86. The highest BCUT2D eigenvalue weighted by Gasteiger charge is 2.12. The van der Waals surface area contributed by atoms with Gasteiger partial charge >= 0.3 is 5.97 Å². The summed E-state index contributed by atoms with van der Waals surface area (Å²) >= 11 is 0. The van der Waals surface area contributed by atoms with E-state index in [0.717, 1.165) is 12.3 Å². The van der Waals surface area contributed by atoms with Gasteiger partial charge in [0.05, 0.1) is 12.2 Å². The molecule has 2 aromatic carbocycles. The molecule has 0 radical (unpaired) electrons. The molecule has 0 spiro atoms. The van der Waals surface area contributed by atoms with Gasteiger partial charge in [-0.3, -0.25) is 9.69 Å². The molecular weight excluding hydrogens is 356 g/mol. The molecule has 1 saturated heterocycles. The fraction of sp³-hybridized carbons (Fsp3) is 0.364. The molecule has 2 N–H and O–H groups in total. The fourth-order valence-corrected chi connectivity index (χ4v) is 3.26. The molecule has 148 valence electrons. The highest BCUT2D eigenvalue weighted by atomic mass is 16.5. The highest BCUT2D eigenvalue weighted by molar-refractivity contribution is 5.95. The quantitative estimate of drug-likeness (QED) is 0.651. The lowest BCUT2D eigenvalue weighted by molar-refractivity contribution is 0.0696. The van der Waals surface area contributed by atoms with Crippen LogP contribution in [0.2, 0.25) is 0 Å². The molecule has 1 amide bonds. The maximum atomic E-state index is 12.1. The van der Waals surface area contributed by atoms with E-state index in [0.29, 0.717) is 25.1 Å². The first-order chi connectivity index (χ1) is 13.6. The Labute approximate surface area is 165 Å². The Morgan fingerprint density at radius 2 is 1.75 bits per heavy atom. The van der Waals surface area contributed by atoms with E-state index >= 15 is 0 Å². The molecular formula is C22H26N2O4. The summed E-state index contributed by atoms with van der Waals surface area (Å²) in [6, 6.07) is 14.1. The molecule has 6 nitrogen and oxygen atoms in total. The van der Waals surface area contributed by atoms with Crippen LogP contribution in [-0.4, -0.2) is 48.1 Å². The van der Waals surface area contributed by atoms with Gasteiger partial charge in [-0.25, -0.2) is 4.79 Å². The van der Waals surface area contributed by atoms with E-state index in [4.69, 9.17) is 9.84 Å². The fourth-order valence-electron chi connectivity index (χ4n) is 3.26. The average molecular weight is 382 g/mol. The van der Waals surface area contributed by atoms with E-state index in [-0.39, 0.29) is 11.5 Å². The van der Waals surface area contributed by atoms with Crippen LogP contribution in [-0.2, 0) is 6.54 Å². The zero-order valence-electron chi connectivity index (χ0n) is 15.9. The van der Waals surface area contributed by atoms with Crippen LogP contribution in [0.4, 0.5) is 0 Å². The van der Waals surface area contributed by atoms with Crippen LogP contribution < -0.4 is 10.1 Å². The second-order valence-electron chi connectivity index (χ2n) is 6.97. The van der Waals surface area contributed by atoms with E-state index in [1.807, 2.05) is 12.1 Å². The van der Waals surface area contributed by atoms with E-state index in [1.54, 1.807) is 0 Å². The number of likely N-dealkylation sites (tertiary alicyclic amines) is 1. The summed E-state index contributed by atoms with van der Waals surface area (Å²) < 4.78 is 5.81. The predicted octanol–water partition coefficient (Wildman–Crippen LogP) is 3.18. The van der Waals surface area contributed by atoms with Crippen molar-refractivity contribution in [3.8, 4) is 5.75 Å². The second-order valence-corrected chi connectivity index (χ2v) is 6.97. The zero-order valence-corrected chi connectivity index (χ0v) is 15.9. The summed E-state index contributed by atoms with van der Waals surface area (Å²) in [7, 11) is 0. The topological polar surface area (TPSA) is 78.9 Å². The maximum Gasteiger partial charge on any atom is 0.335 e. The third kappa shape index (κ3) is 5.82. The summed E-state index contributed by atoms with van der Waals surface area (Å²) in [6.45, 7) is 4.32. The van der Waals surface area contributed by atoms with Crippen LogP contribution in [0.15, 0.2) is 48.5 Å². The van der Waals surface area contributed by atoms with Crippen molar-refractivity contribution in [1.29, 1.82) is 0 Å². The van der Waals surface area contributed by atoms with E-state index in [2.05, 4.69) is 22.3 Å². The number of aromatic carboxylic acids is 1. The number of carboxylic acid groups (broad SMARTS) is 1. The minimum Gasteiger partial charge on any atom is -0.494 e. The molecule has 0 bridgehead atoms. The van der Waals surface area contributed by atoms with Crippen LogP contribution in [0.3, 0.4) is 0 Å². The largest absolute Gasteiger partial charge is 0.494 e. The number of carboxylic acids is 1. The molecule has 0 unspecified atom stereocenters. The van der Waals surface area contributed by atoms with Crippen molar-refractivity contribution in [3.05, 3.63) is 65.2 Å². The normalized spacial score (nSPS) is 14.0. The lowest BCUT2D eigenvalue weighted by atomic mass is 10.1. The molecule has 3 rings (SSSR count). The molecule has 6 heteroatoms. The van der Waals surface area contributed by atoms with Gasteiger partial charge in [0.15, 0.2) is 0 Å². The van der Waals surface area contributed by atoms with Crippen LogP contribution in [0.5, 0.6) is 5.75 Å². The number of ether oxygens (including phenoxy) is 1. The molecule has 1 fully saturated rings. The van der Waals surface area contributed by atoms with Gasteiger partial charge in [0.1, 0.15) is 5.75 Å². The molecule has 1 aliphatic rings. The van der Waals surface area contributed by atoms with Crippen molar-refractivity contribution in [2.75, 3.05) is 26.2 Å². The molecule has 0 saturated carbocycles. The number of hydrogen-bond acceptors (Lipinski definition) is 4. The number of nitrogens with zero attached hydrogens (tertiary/aromatic N) is 1. The van der Waals surface area contributed by atoms with Gasteiger partial charge in [-0.1, -0.05) is 12.1 Å². The van der Waals surface area contributed by atoms with Crippen molar-refractivity contribution >= 4 is 11.9 Å². The molecule has 1 heterocycles. The minimum absolute atomic E-state index is 0.164. The third-order valence-corrected chi connectivity index (χ3v) is 4.77. The molecule has 2 aromatic rings. The number of carbonyl (C=O) groups excluding carboxylic acids is 1. The second kappa shape index (κ2) is 9.90. The highest BCUT2D eigenvalue weighted by Crippen LogP contribution is 2.17. The Morgan fingerprint density at radius 3 is 2.46 bits per heavy atom. The van der Waals surface area contributed by atoms with Gasteiger partial charge in [0.25, 0.3) is 5.91 Å². The number of rotatable bonds is 9. The molecule has 1 aliphatic heterocycles. The summed E-state index contributed by atoms with van der Waals surface area (Å²) in [5, 5.41) is 11.7. The van der Waals surface area contributed by atoms with Crippen molar-refractivity contribution in [2.24, 2.45) is 0 Å². The van der Waals surface area contributed by atoms with E-state index in [1.165, 1.54) is 55.8 Å². The summed E-state index contributed by atoms with van der Waals surface area (Å²) in [6.07, 6.45) is 3.26. The first-order valence-corrected chi connectivity index (χ1v) is 9.67. The zero-order chi connectivity index (χ0) is 19.8. The lowest BCUT2D eigenvalue weighted by Gasteiger charge is -2.15. The first kappa shape index (κ1) is 19.9. The Kier molecular flexibility index (Phi) is 7.03. The number of nitrogens with one attached hydrogen (secondary N) is 1. The molecule has 0 atom stereocenters. The van der Waals surface area contributed by atoms with Crippen molar-refractivity contribution in [1.82, 2.24) is 10.2 Å². The molecule has 28 heavy (non-hydrogen) atoms. The average Bonchev–Trinajstić information content (AvgIpc) is 3.21. The van der Waals surface area contributed by atoms with Crippen molar-refractivity contribution < 1.29 is 19.4 Å². The number of amides is 1. The molecule has 0 aromatic heterocycles. The van der Waals surface area contributed by atoms with Gasteiger partial charge in [0.2, 0.25) is 0 Å². The Bertz CT molecular complexity index is 798. The predicted molar refractivity (Wildman–Crippen MR) is 107 cm³/mol. The monoisotopic (exact) mass is 382 g/mol. The first-order valence-electron chi connectivity index (χ1n) is 9.67. The number of hydrogen-bond donors (Lipinski definition) is 2. The van der Waals surface area contributed by atoms with E-state index < -0.39 is 5.97 Å². The van der Waals surface area contributed by atoms with Gasteiger partial charge < -0.3 is 15.2 Å². The van der Waals surface area contributed by atoms with Crippen molar-refractivity contribution in [2.45, 2.75) is 25.8 Å². The van der Waals surface area contributed by atoms with Crippen LogP contribution in [0, 0.1) is 0 Å². The van der Waals surface area contributed by atoms with Crippen LogP contribution in [0.25, 0.3) is 0 Å². The lowest BCUT2D eigenvalue weighted by Crippen LogP contribution is -2.25. The third-order valence-electron chi connectivity index (χ3n) is 4.77. The van der Waals surface area contributed by atoms with Gasteiger partial charge in [-0.05, 0) is 74.3 Å². The van der Waals surface area contributed by atoms with Crippen LogP contribution >= 0.6 is 0 Å². The van der Waals surface area contributed by atoms with Crippen LogP contribution in [0.1, 0.15) is 45.5 Å². The van der Waals surface area contributed by atoms with Gasteiger partial charge in [0, 0.05) is 18.7 Å². The Morgan fingerprint density at radius 1 is 1.04 bits per heavy atom. The van der Waals surface area contributed by atoms with Gasteiger partial charge in [-0.2, -0.15) is 0 Å². The van der Waals surface area contributed by atoms with E-state index in [9.17, 15) is 9.59 Å². The molecule has 0 aliphatic carbocycles. The van der Waals surface area contributed by atoms with Crippen molar-refractivity contribution in [3.63, 3.8) is 0 Å². The summed E-state index contributed by atoms with van der Waals surface area (Å²) in [5.41, 5.74) is 1.87. The summed E-state index contributed by atoms with van der Waals surface area (Å²) in [5.74, 6) is -0.370. The number of benzene rings is 2. The SMILES string of the molecule is O=C(O)c1ccc(C(=O)NCCCOc2cccc(CN3CCCC3)c2)cc1. The smallest absolute Gasteiger partial charge is 0.335 e. The number of carbonyl (C=O) groups is 2. The van der Waals surface area contributed by atoms with Gasteiger partial charge in [-0.15, -0.1) is 0 Å². The minimum atomic E-state index is -1.01. The maximum absolute atomic E-state index is 12.1. The summed E-state index contributed by atoms with van der Waals surface area (Å²) in [4.78, 5) is 25.4. The standard InChI is InChI=1S/C22H26N2O4/c25-21(18-7-9-19(10-8-18)22(26)27)23-11-4-14-28-20-6-3-5-17(15-20)16-24-12-1-2-13-24/h3,5-10,15H,1-2,4,11-14,16H2,(H,23,25)(H,26,27).